The molecule has 248 valence electrons. The maximum atomic E-state index is 7.00. The third-order valence-electron chi connectivity index (χ3n) is 11.8. The van der Waals surface area contributed by atoms with Gasteiger partial charge in [-0.3, -0.25) is 0 Å². The quantitative estimate of drug-likeness (QED) is 0.181. The predicted octanol–water partition coefficient (Wildman–Crippen LogP) is 12.6. The zero-order valence-electron chi connectivity index (χ0n) is 28.8. The van der Waals surface area contributed by atoms with Crippen molar-refractivity contribution in [1.82, 2.24) is 4.57 Å². The standard InChI is InChI=1S/C50H32N2O/c1-2-15-34(16-3-1)51-45-23-11-7-19-40(45)50(41-20-8-12-24-46(41)51)42-21-9-13-25-48(42)53-49-30-39-37-18-6-10-22-44(37)52(47(39)31-43(49)50)35-27-26-33-28-32-14-4-5-17-36(32)38(33)29-35/h1-27,29-31H,28H2. The molecule has 0 saturated carbocycles. The lowest BCUT2D eigenvalue weighted by molar-refractivity contribution is 0.435. The van der Waals surface area contributed by atoms with Crippen LogP contribution in [0.5, 0.6) is 11.5 Å². The molecule has 9 aromatic rings. The summed E-state index contributed by atoms with van der Waals surface area (Å²) in [6.07, 6.45) is 0.977. The Kier molecular flexibility index (Phi) is 5.76. The van der Waals surface area contributed by atoms with Gasteiger partial charge < -0.3 is 14.2 Å². The van der Waals surface area contributed by atoms with Crippen molar-refractivity contribution in [2.24, 2.45) is 0 Å². The second-order valence-electron chi connectivity index (χ2n) is 14.4. The molecule has 3 heteroatoms. The number of aromatic nitrogens is 1. The van der Waals surface area contributed by atoms with Gasteiger partial charge in [-0.2, -0.15) is 0 Å². The van der Waals surface area contributed by atoms with Crippen molar-refractivity contribution in [2.45, 2.75) is 11.8 Å². The Morgan fingerprint density at radius 2 is 1.08 bits per heavy atom. The molecule has 0 saturated heterocycles. The number of rotatable bonds is 2. The second-order valence-corrected chi connectivity index (χ2v) is 14.4. The first-order valence-corrected chi connectivity index (χ1v) is 18.4. The van der Waals surface area contributed by atoms with E-state index < -0.39 is 5.41 Å². The summed E-state index contributed by atoms with van der Waals surface area (Å²) in [6.45, 7) is 0. The SMILES string of the molecule is c1ccc(N2c3ccccc3C3(c4ccccc4Oc4cc5c6ccccc6n(-c6ccc7c(c6)-c6ccccc6C7)c5cc43)c3ccccc32)cc1. The summed E-state index contributed by atoms with van der Waals surface area (Å²) in [6, 6.07) is 66.7. The average Bonchev–Trinajstić information content (AvgIpc) is 3.75. The number of hydrogen-bond donors (Lipinski definition) is 0. The maximum Gasteiger partial charge on any atom is 0.133 e. The molecule has 0 unspecified atom stereocenters. The van der Waals surface area contributed by atoms with Crippen molar-refractivity contribution < 1.29 is 4.74 Å². The van der Waals surface area contributed by atoms with Crippen LogP contribution < -0.4 is 9.64 Å². The molecule has 0 atom stereocenters. The average molecular weight is 677 g/mol. The van der Waals surface area contributed by atoms with E-state index in [2.05, 4.69) is 191 Å². The Morgan fingerprint density at radius 1 is 0.415 bits per heavy atom. The highest BCUT2D eigenvalue weighted by molar-refractivity contribution is 6.11. The lowest BCUT2D eigenvalue weighted by Crippen LogP contribution is -2.39. The van der Waals surface area contributed by atoms with Crippen molar-refractivity contribution in [1.29, 1.82) is 0 Å². The molecule has 1 aromatic heterocycles. The van der Waals surface area contributed by atoms with Crippen molar-refractivity contribution in [3.8, 4) is 28.3 Å². The van der Waals surface area contributed by atoms with Crippen molar-refractivity contribution in [2.75, 3.05) is 4.90 Å². The van der Waals surface area contributed by atoms with Crippen molar-refractivity contribution in [3.63, 3.8) is 0 Å². The van der Waals surface area contributed by atoms with Gasteiger partial charge in [-0.1, -0.05) is 121 Å². The first kappa shape index (κ1) is 28.8. The van der Waals surface area contributed by atoms with Gasteiger partial charge in [-0.15, -0.1) is 0 Å². The third-order valence-corrected chi connectivity index (χ3v) is 11.8. The minimum atomic E-state index is -0.644. The van der Waals surface area contributed by atoms with Crippen LogP contribution in [0.15, 0.2) is 182 Å². The molecule has 0 radical (unpaired) electrons. The zero-order valence-corrected chi connectivity index (χ0v) is 28.8. The molecule has 53 heavy (non-hydrogen) atoms. The first-order valence-electron chi connectivity index (χ1n) is 18.4. The third kappa shape index (κ3) is 3.78. The summed E-state index contributed by atoms with van der Waals surface area (Å²) in [5.41, 5.74) is 16.5. The summed E-state index contributed by atoms with van der Waals surface area (Å²) in [4.78, 5) is 2.42. The van der Waals surface area contributed by atoms with Crippen LogP contribution in [-0.2, 0) is 11.8 Å². The number of nitrogens with zero attached hydrogens (tertiary/aromatic N) is 2. The summed E-state index contributed by atoms with van der Waals surface area (Å²) in [5, 5.41) is 2.39. The van der Waals surface area contributed by atoms with E-state index in [0.717, 1.165) is 51.8 Å². The minimum Gasteiger partial charge on any atom is -0.457 e. The Labute approximate surface area is 307 Å². The topological polar surface area (TPSA) is 17.4 Å². The number of fused-ring (bicyclic) bond motifs is 14. The highest BCUT2D eigenvalue weighted by atomic mass is 16.5. The Hall–Kier alpha value is -6.84. The molecule has 3 aliphatic rings. The highest BCUT2D eigenvalue weighted by Crippen LogP contribution is 2.63. The largest absolute Gasteiger partial charge is 0.457 e. The maximum absolute atomic E-state index is 7.00. The Bertz CT molecular complexity index is 2930. The van der Waals surface area contributed by atoms with Gasteiger partial charge in [0.2, 0.25) is 0 Å². The second kappa shape index (κ2) is 10.6. The van der Waals surface area contributed by atoms with E-state index in [4.69, 9.17) is 4.74 Å². The fourth-order valence-electron chi connectivity index (χ4n) is 9.71. The number of para-hydroxylation sites is 5. The molecule has 1 aliphatic carbocycles. The smallest absolute Gasteiger partial charge is 0.133 e. The normalized spacial score (nSPS) is 14.2. The van der Waals surface area contributed by atoms with Crippen LogP contribution in [0.25, 0.3) is 38.6 Å². The van der Waals surface area contributed by atoms with E-state index in [1.807, 2.05) is 0 Å². The van der Waals surface area contributed by atoms with E-state index in [1.54, 1.807) is 0 Å². The summed E-state index contributed by atoms with van der Waals surface area (Å²) < 4.78 is 9.46. The van der Waals surface area contributed by atoms with E-state index >= 15 is 0 Å². The van der Waals surface area contributed by atoms with Crippen LogP contribution in [0.4, 0.5) is 17.1 Å². The predicted molar refractivity (Wildman–Crippen MR) is 216 cm³/mol. The van der Waals surface area contributed by atoms with Gasteiger partial charge in [0.15, 0.2) is 0 Å². The molecule has 0 bridgehead atoms. The van der Waals surface area contributed by atoms with Crippen molar-refractivity contribution in [3.05, 3.63) is 215 Å². The zero-order chi connectivity index (χ0) is 34.7. The molecule has 0 amide bonds. The van der Waals surface area contributed by atoms with Crippen molar-refractivity contribution >= 4 is 38.9 Å². The number of anilines is 3. The number of ether oxygens (including phenoxy) is 1. The Morgan fingerprint density at radius 3 is 1.91 bits per heavy atom. The lowest BCUT2D eigenvalue weighted by Gasteiger charge is -2.48. The van der Waals surface area contributed by atoms with Crippen LogP contribution >= 0.6 is 0 Å². The van der Waals surface area contributed by atoms with Gasteiger partial charge >= 0.3 is 0 Å². The molecule has 3 nitrogen and oxygen atoms in total. The lowest BCUT2D eigenvalue weighted by atomic mass is 9.61. The molecule has 2 aliphatic heterocycles. The van der Waals surface area contributed by atoms with E-state index in [9.17, 15) is 0 Å². The van der Waals surface area contributed by atoms with Crippen LogP contribution in [-0.4, -0.2) is 4.57 Å². The first-order chi connectivity index (χ1) is 26.3. The molecular formula is C50H32N2O. The van der Waals surface area contributed by atoms with E-state index in [-0.39, 0.29) is 0 Å². The van der Waals surface area contributed by atoms with E-state index in [0.29, 0.717) is 0 Å². The summed E-state index contributed by atoms with van der Waals surface area (Å²) in [5.74, 6) is 1.78. The molecule has 12 rings (SSSR count). The minimum absolute atomic E-state index is 0.644. The van der Waals surface area contributed by atoms with Gasteiger partial charge in [0.05, 0.1) is 27.8 Å². The Balaban J connectivity index is 1.20. The number of benzene rings is 8. The van der Waals surface area contributed by atoms with Gasteiger partial charge in [0.1, 0.15) is 11.5 Å². The summed E-state index contributed by atoms with van der Waals surface area (Å²) in [7, 11) is 0. The molecule has 8 aromatic carbocycles. The molecular weight excluding hydrogens is 645 g/mol. The van der Waals surface area contributed by atoms with E-state index in [1.165, 1.54) is 55.2 Å². The van der Waals surface area contributed by atoms with Crippen LogP contribution in [0.3, 0.4) is 0 Å². The monoisotopic (exact) mass is 676 g/mol. The fraction of sp³-hybridized carbons (Fsp3) is 0.0400. The van der Waals surface area contributed by atoms with Gasteiger partial charge in [-0.25, -0.2) is 0 Å². The fourth-order valence-corrected chi connectivity index (χ4v) is 9.71. The molecule has 0 N–H and O–H groups in total. The summed E-state index contributed by atoms with van der Waals surface area (Å²) >= 11 is 0. The van der Waals surface area contributed by atoms with Crippen LogP contribution in [0.2, 0.25) is 0 Å². The van der Waals surface area contributed by atoms with Gasteiger partial charge in [-0.05, 0) is 100 Å². The molecule has 3 heterocycles. The van der Waals surface area contributed by atoms with Gasteiger partial charge in [0, 0.05) is 33.3 Å². The number of hydrogen-bond acceptors (Lipinski definition) is 2. The van der Waals surface area contributed by atoms with Crippen LogP contribution in [0.1, 0.15) is 33.4 Å². The van der Waals surface area contributed by atoms with Gasteiger partial charge in [0.25, 0.3) is 0 Å². The molecule has 1 spiro atoms. The van der Waals surface area contributed by atoms with Crippen LogP contribution in [0, 0.1) is 0 Å². The highest BCUT2D eigenvalue weighted by Gasteiger charge is 2.51. The molecule has 0 fully saturated rings.